The van der Waals surface area contributed by atoms with Crippen molar-refractivity contribution in [2.75, 3.05) is 12.4 Å². The number of ether oxygens (including phenoxy) is 1. The Kier molecular flexibility index (Phi) is 4.25. The first-order chi connectivity index (χ1) is 9.60. The fourth-order valence-corrected chi connectivity index (χ4v) is 2.00. The molecule has 0 atom stereocenters. The highest BCUT2D eigenvalue weighted by molar-refractivity contribution is 5.89. The molecule has 2 aromatic carbocycles. The Morgan fingerprint density at radius 2 is 2.05 bits per heavy atom. The van der Waals surface area contributed by atoms with Crippen LogP contribution in [0.25, 0.3) is 0 Å². The second-order valence-corrected chi connectivity index (χ2v) is 4.56. The number of carboxylic acid groups (broad SMARTS) is 1. The van der Waals surface area contributed by atoms with E-state index in [4.69, 9.17) is 9.84 Å². The average Bonchev–Trinajstić information content (AvgIpc) is 2.44. The van der Waals surface area contributed by atoms with Crippen LogP contribution in [-0.4, -0.2) is 18.2 Å². The number of carboxylic acids is 1. The van der Waals surface area contributed by atoms with Gasteiger partial charge in [-0.1, -0.05) is 29.8 Å². The normalized spacial score (nSPS) is 10.1. The van der Waals surface area contributed by atoms with Crippen LogP contribution in [0.3, 0.4) is 0 Å². The molecule has 2 N–H and O–H groups in total. The van der Waals surface area contributed by atoms with Gasteiger partial charge in [-0.15, -0.1) is 0 Å². The Morgan fingerprint density at radius 3 is 2.70 bits per heavy atom. The van der Waals surface area contributed by atoms with E-state index >= 15 is 0 Å². The van der Waals surface area contributed by atoms with Crippen LogP contribution in [0.1, 0.15) is 21.5 Å². The fourth-order valence-electron chi connectivity index (χ4n) is 2.00. The highest BCUT2D eigenvalue weighted by Crippen LogP contribution is 2.26. The van der Waals surface area contributed by atoms with Crippen LogP contribution < -0.4 is 10.1 Å². The van der Waals surface area contributed by atoms with Crippen molar-refractivity contribution in [3.63, 3.8) is 0 Å². The van der Waals surface area contributed by atoms with Crippen molar-refractivity contribution in [2.45, 2.75) is 13.5 Å². The van der Waals surface area contributed by atoms with Gasteiger partial charge in [-0.25, -0.2) is 4.79 Å². The Bertz CT molecular complexity index is 623. The van der Waals surface area contributed by atoms with Crippen LogP contribution in [0.2, 0.25) is 0 Å². The van der Waals surface area contributed by atoms with Crippen molar-refractivity contribution < 1.29 is 14.6 Å². The summed E-state index contributed by atoms with van der Waals surface area (Å²) in [4.78, 5) is 11.0. The molecule has 0 amide bonds. The van der Waals surface area contributed by atoms with Crippen LogP contribution in [0, 0.1) is 6.92 Å². The number of hydrogen-bond acceptors (Lipinski definition) is 3. The molecule has 0 unspecified atom stereocenters. The van der Waals surface area contributed by atoms with Crippen molar-refractivity contribution in [3.05, 3.63) is 59.2 Å². The van der Waals surface area contributed by atoms with Crippen LogP contribution in [0.4, 0.5) is 5.69 Å². The molecule has 20 heavy (non-hydrogen) atoms. The molecule has 0 aliphatic carbocycles. The molecule has 0 fully saturated rings. The Labute approximate surface area is 118 Å². The van der Waals surface area contributed by atoms with Gasteiger partial charge >= 0.3 is 5.97 Å². The monoisotopic (exact) mass is 271 g/mol. The minimum Gasteiger partial charge on any atom is -0.495 e. The van der Waals surface area contributed by atoms with Crippen molar-refractivity contribution >= 4 is 11.7 Å². The van der Waals surface area contributed by atoms with Gasteiger partial charge in [-0.3, -0.25) is 0 Å². The first-order valence-electron chi connectivity index (χ1n) is 6.31. The second kappa shape index (κ2) is 6.10. The van der Waals surface area contributed by atoms with E-state index in [9.17, 15) is 4.79 Å². The van der Waals surface area contributed by atoms with E-state index in [1.807, 2.05) is 25.1 Å². The van der Waals surface area contributed by atoms with E-state index in [-0.39, 0.29) is 5.56 Å². The van der Waals surface area contributed by atoms with E-state index in [1.165, 1.54) is 11.6 Å². The topological polar surface area (TPSA) is 58.6 Å². The zero-order valence-electron chi connectivity index (χ0n) is 11.5. The summed E-state index contributed by atoms with van der Waals surface area (Å²) in [5.41, 5.74) is 3.23. The molecule has 0 aliphatic heterocycles. The van der Waals surface area contributed by atoms with E-state index < -0.39 is 5.97 Å². The highest BCUT2D eigenvalue weighted by Gasteiger charge is 2.08. The van der Waals surface area contributed by atoms with Crippen LogP contribution in [-0.2, 0) is 6.54 Å². The maximum Gasteiger partial charge on any atom is 0.335 e. The molecule has 0 spiro atoms. The van der Waals surface area contributed by atoms with Crippen molar-refractivity contribution in [2.24, 2.45) is 0 Å². The van der Waals surface area contributed by atoms with Gasteiger partial charge < -0.3 is 15.2 Å². The van der Waals surface area contributed by atoms with Crippen molar-refractivity contribution in [3.8, 4) is 5.75 Å². The quantitative estimate of drug-likeness (QED) is 0.876. The summed E-state index contributed by atoms with van der Waals surface area (Å²) in [6, 6.07) is 12.9. The number of rotatable bonds is 5. The van der Waals surface area contributed by atoms with E-state index in [2.05, 4.69) is 11.4 Å². The zero-order chi connectivity index (χ0) is 14.5. The number of carbonyl (C=O) groups is 1. The molecular formula is C16H17NO3. The number of nitrogens with one attached hydrogen (secondary N) is 1. The number of hydrogen-bond donors (Lipinski definition) is 2. The second-order valence-electron chi connectivity index (χ2n) is 4.56. The summed E-state index contributed by atoms with van der Waals surface area (Å²) >= 11 is 0. The molecule has 2 rings (SSSR count). The van der Waals surface area contributed by atoms with Gasteiger partial charge in [0.25, 0.3) is 0 Å². The van der Waals surface area contributed by atoms with Crippen LogP contribution >= 0.6 is 0 Å². The molecular weight excluding hydrogens is 254 g/mol. The number of anilines is 1. The van der Waals surface area contributed by atoms with Gasteiger partial charge in [-0.05, 0) is 30.7 Å². The molecule has 2 aromatic rings. The maximum atomic E-state index is 11.0. The summed E-state index contributed by atoms with van der Waals surface area (Å²) in [7, 11) is 1.56. The van der Waals surface area contributed by atoms with E-state index in [0.717, 1.165) is 5.56 Å². The predicted octanol–water partition coefficient (Wildman–Crippen LogP) is 3.31. The van der Waals surface area contributed by atoms with E-state index in [0.29, 0.717) is 18.0 Å². The Hall–Kier alpha value is -2.49. The number of aromatic carboxylic acids is 1. The Morgan fingerprint density at radius 1 is 1.25 bits per heavy atom. The third kappa shape index (κ3) is 3.29. The predicted molar refractivity (Wildman–Crippen MR) is 78.5 cm³/mol. The lowest BCUT2D eigenvalue weighted by Crippen LogP contribution is -2.04. The number of benzene rings is 2. The molecule has 4 heteroatoms. The summed E-state index contributed by atoms with van der Waals surface area (Å²) in [5.74, 6) is -0.325. The minimum atomic E-state index is -0.953. The maximum absolute atomic E-state index is 11.0. The third-order valence-electron chi connectivity index (χ3n) is 3.01. The van der Waals surface area contributed by atoms with E-state index in [1.54, 1.807) is 19.2 Å². The van der Waals surface area contributed by atoms with Crippen LogP contribution in [0.5, 0.6) is 5.75 Å². The lowest BCUT2D eigenvalue weighted by atomic mass is 10.1. The molecule has 104 valence electrons. The molecule has 0 aromatic heterocycles. The van der Waals surface area contributed by atoms with Gasteiger partial charge in [0, 0.05) is 6.54 Å². The van der Waals surface area contributed by atoms with Crippen molar-refractivity contribution in [1.29, 1.82) is 0 Å². The fraction of sp³-hybridized carbons (Fsp3) is 0.188. The SMILES string of the molecule is COc1ccc(C(=O)O)cc1NCc1cccc(C)c1. The first kappa shape index (κ1) is 13.9. The summed E-state index contributed by atoms with van der Waals surface area (Å²) < 4.78 is 5.24. The molecule has 0 radical (unpaired) electrons. The molecule has 0 aliphatic rings. The van der Waals surface area contributed by atoms with Crippen LogP contribution in [0.15, 0.2) is 42.5 Å². The summed E-state index contributed by atoms with van der Waals surface area (Å²) in [6.45, 7) is 2.65. The first-order valence-corrected chi connectivity index (χ1v) is 6.31. The molecule has 0 bridgehead atoms. The summed E-state index contributed by atoms with van der Waals surface area (Å²) in [6.07, 6.45) is 0. The van der Waals surface area contributed by atoms with Gasteiger partial charge in [0.15, 0.2) is 0 Å². The lowest BCUT2D eigenvalue weighted by molar-refractivity contribution is 0.0697. The molecule has 0 heterocycles. The molecule has 0 saturated carbocycles. The molecule has 0 saturated heterocycles. The minimum absolute atomic E-state index is 0.234. The smallest absolute Gasteiger partial charge is 0.335 e. The zero-order valence-corrected chi connectivity index (χ0v) is 11.5. The van der Waals surface area contributed by atoms with Gasteiger partial charge in [0.2, 0.25) is 0 Å². The Balaban J connectivity index is 2.19. The lowest BCUT2D eigenvalue weighted by Gasteiger charge is -2.12. The van der Waals surface area contributed by atoms with Gasteiger partial charge in [0.1, 0.15) is 5.75 Å². The number of methoxy groups -OCH3 is 1. The van der Waals surface area contributed by atoms with Gasteiger partial charge in [-0.2, -0.15) is 0 Å². The summed E-state index contributed by atoms with van der Waals surface area (Å²) in [5, 5.41) is 12.2. The highest BCUT2D eigenvalue weighted by atomic mass is 16.5. The largest absolute Gasteiger partial charge is 0.495 e. The van der Waals surface area contributed by atoms with Crippen molar-refractivity contribution in [1.82, 2.24) is 0 Å². The average molecular weight is 271 g/mol. The standard InChI is InChI=1S/C16H17NO3/c1-11-4-3-5-12(8-11)10-17-14-9-13(16(18)19)6-7-15(14)20-2/h3-9,17H,10H2,1-2H3,(H,18,19). The number of aryl methyl sites for hydroxylation is 1. The third-order valence-corrected chi connectivity index (χ3v) is 3.01. The molecule has 4 nitrogen and oxygen atoms in total. The van der Waals surface area contributed by atoms with Gasteiger partial charge in [0.05, 0.1) is 18.4 Å².